The molecule has 0 radical (unpaired) electrons. The van der Waals surface area contributed by atoms with Crippen molar-refractivity contribution in [3.63, 3.8) is 0 Å². The number of nitrogens with zero attached hydrogens (tertiary/aromatic N) is 1. The summed E-state index contributed by atoms with van der Waals surface area (Å²) in [5.74, 6) is -1.08. The van der Waals surface area contributed by atoms with E-state index in [4.69, 9.17) is 9.90 Å². The third-order valence-electron chi connectivity index (χ3n) is 1.33. The van der Waals surface area contributed by atoms with Crippen LogP contribution in [0.15, 0.2) is 36.2 Å². The number of carbonyl (C=O) groups is 1. The van der Waals surface area contributed by atoms with Crippen molar-refractivity contribution in [2.45, 2.75) is 6.92 Å². The van der Waals surface area contributed by atoms with E-state index in [1.165, 1.54) is 5.70 Å². The lowest BCUT2D eigenvalue weighted by atomic mass is 10.4. The molecule has 0 bridgehead atoms. The molecule has 0 spiro atoms. The van der Waals surface area contributed by atoms with Gasteiger partial charge in [0.15, 0.2) is 12.4 Å². The summed E-state index contributed by atoms with van der Waals surface area (Å²) in [7, 11) is 0. The largest absolute Gasteiger partial charge is 0.550 e. The van der Waals surface area contributed by atoms with Crippen molar-refractivity contribution < 1.29 is 14.5 Å². The van der Waals surface area contributed by atoms with Crippen LogP contribution in [0, 0.1) is 0 Å². The van der Waals surface area contributed by atoms with E-state index in [0.29, 0.717) is 0 Å². The topological polar surface area (TPSA) is 43.1 Å². The van der Waals surface area contributed by atoms with Crippen LogP contribution in [-0.4, -0.2) is 16.8 Å². The van der Waals surface area contributed by atoms with E-state index in [-0.39, 0.29) is 0 Å². The highest BCUT2D eigenvalue weighted by molar-refractivity contribution is 5.71. The molecule has 0 N–H and O–H groups in total. The van der Waals surface area contributed by atoms with Crippen molar-refractivity contribution in [1.82, 2.24) is 0 Å². The molecule has 3 heteroatoms. The Morgan fingerprint density at radius 3 is 2.75 bits per heavy atom. The average molecular weight is 163 g/mol. The van der Waals surface area contributed by atoms with E-state index in [1.807, 2.05) is 24.6 Å². The van der Waals surface area contributed by atoms with Crippen molar-refractivity contribution in [2.24, 2.45) is 0 Å². The second-order valence-corrected chi connectivity index (χ2v) is 2.34. The van der Waals surface area contributed by atoms with Crippen molar-refractivity contribution in [2.75, 3.05) is 0 Å². The van der Waals surface area contributed by atoms with Crippen molar-refractivity contribution >= 4 is 12.2 Å². The maximum absolute atomic E-state index is 8.89. The summed E-state index contributed by atoms with van der Waals surface area (Å²) in [5, 5.41) is 8.89. The smallest absolute Gasteiger partial charge is 0.211 e. The van der Waals surface area contributed by atoms with Gasteiger partial charge in [-0.15, -0.1) is 0 Å². The molecule has 0 unspecified atom stereocenters. The Morgan fingerprint density at radius 2 is 2.17 bits per heavy atom. The first-order valence-corrected chi connectivity index (χ1v) is 3.56. The van der Waals surface area contributed by atoms with Crippen LogP contribution >= 0.6 is 0 Å². The number of fused-ring (bicyclic) bond motifs is 1. The molecule has 2 heterocycles. The van der Waals surface area contributed by atoms with Crippen LogP contribution in [0.2, 0.25) is 0 Å². The quantitative estimate of drug-likeness (QED) is 0.464. The number of allylic oxidation sites excluding steroid dienone is 4. The SMILES string of the molecule is C1=CC2=CC=C[N+]2=C1.CC(=O)[O-]. The standard InChI is InChI=1S/C7H6N.C2H4O2/c1-3-7-4-2-6-8(7)5-1;1-2(3)4/h1-6H;1H3,(H,3,4)/q+1;/p-1. The summed E-state index contributed by atoms with van der Waals surface area (Å²) in [4.78, 5) is 8.89. The molecule has 0 aromatic rings. The molecular formula is C9H9NO2. The number of hydrogen-bond donors (Lipinski definition) is 0. The minimum atomic E-state index is -1.08. The van der Waals surface area contributed by atoms with Gasteiger partial charge in [0, 0.05) is 30.3 Å². The lowest BCUT2D eigenvalue weighted by molar-refractivity contribution is -0.380. The molecule has 2 rings (SSSR count). The Morgan fingerprint density at radius 1 is 1.50 bits per heavy atom. The summed E-state index contributed by atoms with van der Waals surface area (Å²) in [6.45, 7) is 0.972. The van der Waals surface area contributed by atoms with Crippen LogP contribution < -0.4 is 5.11 Å². The molecule has 2 aliphatic rings. The third kappa shape index (κ3) is 2.20. The van der Waals surface area contributed by atoms with Crippen LogP contribution in [0.3, 0.4) is 0 Å². The molecule has 0 saturated carbocycles. The van der Waals surface area contributed by atoms with Gasteiger partial charge in [-0.2, -0.15) is 4.58 Å². The number of aliphatic carboxylic acids is 1. The molecule has 3 nitrogen and oxygen atoms in total. The molecule has 12 heavy (non-hydrogen) atoms. The number of carboxylic acid groups (broad SMARTS) is 1. The van der Waals surface area contributed by atoms with Gasteiger partial charge in [0.1, 0.15) is 0 Å². The summed E-state index contributed by atoms with van der Waals surface area (Å²) in [6.07, 6.45) is 12.3. The van der Waals surface area contributed by atoms with Crippen molar-refractivity contribution in [1.29, 1.82) is 0 Å². The lowest BCUT2D eigenvalue weighted by Crippen LogP contribution is -2.16. The van der Waals surface area contributed by atoms with Crippen molar-refractivity contribution in [3.05, 3.63) is 36.2 Å². The molecule has 0 saturated heterocycles. The van der Waals surface area contributed by atoms with Crippen LogP contribution in [0.5, 0.6) is 0 Å². The Bertz CT molecular complexity index is 278. The zero-order valence-electron chi connectivity index (χ0n) is 6.73. The monoisotopic (exact) mass is 163 g/mol. The summed E-state index contributed by atoms with van der Waals surface area (Å²) < 4.78 is 2.08. The lowest BCUT2D eigenvalue weighted by Gasteiger charge is -1.79. The normalized spacial score (nSPS) is 16.1. The highest BCUT2D eigenvalue weighted by atomic mass is 16.4. The van der Waals surface area contributed by atoms with Gasteiger partial charge < -0.3 is 9.90 Å². The van der Waals surface area contributed by atoms with E-state index < -0.39 is 5.97 Å². The predicted octanol–water partition coefficient (Wildman–Crippen LogP) is -0.193. The van der Waals surface area contributed by atoms with Crippen LogP contribution in [0.25, 0.3) is 0 Å². The van der Waals surface area contributed by atoms with Crippen LogP contribution in [-0.2, 0) is 4.79 Å². The van der Waals surface area contributed by atoms with E-state index >= 15 is 0 Å². The highest BCUT2D eigenvalue weighted by Crippen LogP contribution is 2.10. The fourth-order valence-corrected chi connectivity index (χ4v) is 0.918. The summed E-state index contributed by atoms with van der Waals surface area (Å²) in [6, 6.07) is 0. The van der Waals surface area contributed by atoms with Gasteiger partial charge in [0.05, 0.1) is 0 Å². The first-order valence-electron chi connectivity index (χ1n) is 3.56. The van der Waals surface area contributed by atoms with E-state index in [0.717, 1.165) is 6.92 Å². The zero-order chi connectivity index (χ0) is 8.97. The number of carboxylic acids is 1. The van der Waals surface area contributed by atoms with E-state index in [2.05, 4.69) is 16.7 Å². The third-order valence-corrected chi connectivity index (χ3v) is 1.33. The molecule has 0 aromatic heterocycles. The van der Waals surface area contributed by atoms with Gasteiger partial charge in [0.2, 0.25) is 5.70 Å². The second kappa shape index (κ2) is 3.67. The first-order chi connectivity index (χ1) is 5.70. The number of rotatable bonds is 0. The highest BCUT2D eigenvalue weighted by Gasteiger charge is 2.13. The molecule has 62 valence electrons. The Kier molecular flexibility index (Phi) is 2.58. The molecular weight excluding hydrogens is 154 g/mol. The number of hydrogen-bond acceptors (Lipinski definition) is 2. The molecule has 0 aromatic carbocycles. The number of carbonyl (C=O) groups excluding carboxylic acids is 1. The molecule has 2 aliphatic heterocycles. The van der Waals surface area contributed by atoms with E-state index in [9.17, 15) is 0 Å². The maximum Gasteiger partial charge on any atom is 0.211 e. The summed E-state index contributed by atoms with van der Waals surface area (Å²) >= 11 is 0. The minimum absolute atomic E-state index is 0.972. The fourth-order valence-electron chi connectivity index (χ4n) is 0.918. The Labute approximate surface area is 70.6 Å². The maximum atomic E-state index is 8.89. The Balaban J connectivity index is 0.000000157. The first kappa shape index (κ1) is 8.46. The molecule has 0 amide bonds. The average Bonchev–Trinajstić information content (AvgIpc) is 2.40. The second-order valence-electron chi connectivity index (χ2n) is 2.34. The van der Waals surface area contributed by atoms with Crippen LogP contribution in [0.1, 0.15) is 6.92 Å². The predicted molar refractivity (Wildman–Crippen MR) is 43.4 cm³/mol. The van der Waals surface area contributed by atoms with Gasteiger partial charge in [-0.1, -0.05) is 0 Å². The molecule has 0 atom stereocenters. The molecule has 0 fully saturated rings. The fraction of sp³-hybridized carbons (Fsp3) is 0.111. The minimum Gasteiger partial charge on any atom is -0.550 e. The van der Waals surface area contributed by atoms with Gasteiger partial charge in [-0.05, 0) is 6.92 Å². The van der Waals surface area contributed by atoms with Gasteiger partial charge in [-0.25, -0.2) is 0 Å². The van der Waals surface area contributed by atoms with Gasteiger partial charge in [0.25, 0.3) is 0 Å². The van der Waals surface area contributed by atoms with Gasteiger partial charge in [-0.3, -0.25) is 0 Å². The van der Waals surface area contributed by atoms with Crippen LogP contribution in [0.4, 0.5) is 0 Å². The Hall–Kier alpha value is -1.64. The summed E-state index contributed by atoms with van der Waals surface area (Å²) in [5.41, 5.74) is 1.27. The molecule has 0 aliphatic carbocycles. The van der Waals surface area contributed by atoms with Crippen molar-refractivity contribution in [3.8, 4) is 0 Å². The zero-order valence-corrected chi connectivity index (χ0v) is 6.73. The van der Waals surface area contributed by atoms with E-state index in [1.54, 1.807) is 0 Å². The van der Waals surface area contributed by atoms with Gasteiger partial charge >= 0.3 is 0 Å².